The highest BCUT2D eigenvalue weighted by molar-refractivity contribution is 5.51. The highest BCUT2D eigenvalue weighted by Gasteiger charge is 2.00. The van der Waals surface area contributed by atoms with Crippen LogP contribution in [-0.4, -0.2) is 11.6 Å². The van der Waals surface area contributed by atoms with Gasteiger partial charge in [-0.15, -0.1) is 0 Å². The first-order valence-electron chi connectivity index (χ1n) is 4.72. The summed E-state index contributed by atoms with van der Waals surface area (Å²) in [5.74, 6) is 1.37. The summed E-state index contributed by atoms with van der Waals surface area (Å²) in [6, 6.07) is 7.40. The molecule has 2 aromatic rings. The molecule has 78 valence electrons. The lowest BCUT2D eigenvalue weighted by molar-refractivity contribution is 0.307. The van der Waals surface area contributed by atoms with Crippen LogP contribution in [0, 0.1) is 0 Å². The number of rotatable bonds is 4. The van der Waals surface area contributed by atoms with E-state index >= 15 is 0 Å². The number of para-hydroxylation sites is 2. The van der Waals surface area contributed by atoms with Crippen LogP contribution in [-0.2, 0) is 6.42 Å². The summed E-state index contributed by atoms with van der Waals surface area (Å²) in [4.78, 5) is 3.99. The molecule has 1 aromatic heterocycles. The average molecular weight is 204 g/mol. The lowest BCUT2D eigenvalue weighted by Gasteiger charge is -2.06. The van der Waals surface area contributed by atoms with E-state index in [1.165, 1.54) is 0 Å². The number of ether oxygens (including phenoxy) is 1. The van der Waals surface area contributed by atoms with Gasteiger partial charge in [0.05, 0.1) is 24.9 Å². The topological polar surface area (TPSA) is 61.3 Å². The van der Waals surface area contributed by atoms with Crippen LogP contribution >= 0.6 is 0 Å². The summed E-state index contributed by atoms with van der Waals surface area (Å²) >= 11 is 0. The maximum atomic E-state index is 5.72. The number of nitrogen functional groups attached to an aromatic ring is 1. The Balaban J connectivity index is 1.86. The second-order valence-electron chi connectivity index (χ2n) is 3.06. The van der Waals surface area contributed by atoms with Crippen LogP contribution in [0.25, 0.3) is 0 Å². The molecule has 0 aliphatic heterocycles. The Labute approximate surface area is 87.7 Å². The van der Waals surface area contributed by atoms with Crippen molar-refractivity contribution in [1.82, 2.24) is 4.98 Å². The van der Waals surface area contributed by atoms with Crippen LogP contribution in [0.1, 0.15) is 5.89 Å². The Bertz CT molecular complexity index is 412. The van der Waals surface area contributed by atoms with Crippen LogP contribution in [0.2, 0.25) is 0 Å². The van der Waals surface area contributed by atoms with Crippen LogP contribution in [0.3, 0.4) is 0 Å². The van der Waals surface area contributed by atoms with E-state index in [0.29, 0.717) is 30.4 Å². The maximum Gasteiger partial charge on any atom is 0.197 e. The quantitative estimate of drug-likeness (QED) is 0.772. The van der Waals surface area contributed by atoms with Crippen LogP contribution < -0.4 is 10.5 Å². The molecule has 1 aromatic carbocycles. The minimum Gasteiger partial charge on any atom is -0.491 e. The molecule has 4 heteroatoms. The number of hydrogen-bond acceptors (Lipinski definition) is 4. The van der Waals surface area contributed by atoms with E-state index < -0.39 is 0 Å². The van der Waals surface area contributed by atoms with Gasteiger partial charge in [0.1, 0.15) is 12.0 Å². The molecule has 0 saturated heterocycles. The van der Waals surface area contributed by atoms with Crippen molar-refractivity contribution in [1.29, 1.82) is 0 Å². The van der Waals surface area contributed by atoms with E-state index in [0.717, 1.165) is 0 Å². The Kier molecular flexibility index (Phi) is 2.88. The number of benzene rings is 1. The highest BCUT2D eigenvalue weighted by atomic mass is 16.5. The third-order valence-corrected chi connectivity index (χ3v) is 1.98. The van der Waals surface area contributed by atoms with E-state index in [1.54, 1.807) is 18.5 Å². The SMILES string of the molecule is Nc1ccccc1OCCc1ncco1. The van der Waals surface area contributed by atoms with Gasteiger partial charge in [-0.1, -0.05) is 12.1 Å². The van der Waals surface area contributed by atoms with Crippen molar-refractivity contribution in [3.63, 3.8) is 0 Å². The number of aromatic nitrogens is 1. The van der Waals surface area contributed by atoms with Crippen molar-refractivity contribution in [2.75, 3.05) is 12.3 Å². The number of nitrogens with two attached hydrogens (primary N) is 1. The van der Waals surface area contributed by atoms with Crippen molar-refractivity contribution < 1.29 is 9.15 Å². The zero-order chi connectivity index (χ0) is 10.5. The summed E-state index contributed by atoms with van der Waals surface area (Å²) < 4.78 is 10.6. The summed E-state index contributed by atoms with van der Waals surface area (Å²) in [5.41, 5.74) is 6.36. The second-order valence-corrected chi connectivity index (χ2v) is 3.06. The molecule has 0 radical (unpaired) electrons. The van der Waals surface area contributed by atoms with Gasteiger partial charge < -0.3 is 14.9 Å². The fourth-order valence-electron chi connectivity index (χ4n) is 1.24. The molecule has 0 spiro atoms. The fourth-order valence-corrected chi connectivity index (χ4v) is 1.24. The first-order valence-corrected chi connectivity index (χ1v) is 4.72. The molecule has 0 saturated carbocycles. The van der Waals surface area contributed by atoms with Gasteiger partial charge >= 0.3 is 0 Å². The zero-order valence-electron chi connectivity index (χ0n) is 8.22. The van der Waals surface area contributed by atoms with Gasteiger partial charge in [-0.2, -0.15) is 0 Å². The second kappa shape index (κ2) is 4.50. The summed E-state index contributed by atoms with van der Waals surface area (Å²) in [6.45, 7) is 0.509. The smallest absolute Gasteiger partial charge is 0.197 e. The molecular weight excluding hydrogens is 192 g/mol. The molecule has 0 fully saturated rings. The molecule has 15 heavy (non-hydrogen) atoms. The van der Waals surface area contributed by atoms with E-state index in [9.17, 15) is 0 Å². The van der Waals surface area contributed by atoms with Crippen molar-refractivity contribution >= 4 is 5.69 Å². The van der Waals surface area contributed by atoms with Crippen molar-refractivity contribution in [2.45, 2.75) is 6.42 Å². The fraction of sp³-hybridized carbons (Fsp3) is 0.182. The van der Waals surface area contributed by atoms with Gasteiger partial charge in [0, 0.05) is 0 Å². The third kappa shape index (κ3) is 2.49. The molecule has 0 aliphatic carbocycles. The minimum atomic E-state index is 0.509. The highest BCUT2D eigenvalue weighted by Crippen LogP contribution is 2.19. The first kappa shape index (κ1) is 9.58. The molecule has 2 rings (SSSR count). The van der Waals surface area contributed by atoms with Gasteiger partial charge in [0.25, 0.3) is 0 Å². The molecule has 0 atom stereocenters. The largest absolute Gasteiger partial charge is 0.491 e. The molecule has 0 unspecified atom stereocenters. The molecule has 2 N–H and O–H groups in total. The average Bonchev–Trinajstić information content (AvgIpc) is 2.74. The van der Waals surface area contributed by atoms with Gasteiger partial charge in [0.2, 0.25) is 0 Å². The Morgan fingerprint density at radius 2 is 2.20 bits per heavy atom. The van der Waals surface area contributed by atoms with Gasteiger partial charge in [-0.25, -0.2) is 4.98 Å². The Morgan fingerprint density at radius 1 is 1.33 bits per heavy atom. The third-order valence-electron chi connectivity index (χ3n) is 1.98. The summed E-state index contributed by atoms with van der Waals surface area (Å²) in [6.07, 6.45) is 3.81. The normalized spacial score (nSPS) is 10.1. The van der Waals surface area contributed by atoms with Crippen LogP contribution in [0.4, 0.5) is 5.69 Å². The van der Waals surface area contributed by atoms with Crippen LogP contribution in [0.15, 0.2) is 41.1 Å². The molecule has 0 aliphatic rings. The monoisotopic (exact) mass is 204 g/mol. The van der Waals surface area contributed by atoms with Gasteiger partial charge in [-0.05, 0) is 12.1 Å². The molecule has 4 nitrogen and oxygen atoms in total. The van der Waals surface area contributed by atoms with Crippen LogP contribution in [0.5, 0.6) is 5.75 Å². The van der Waals surface area contributed by atoms with E-state index in [1.807, 2.05) is 18.2 Å². The van der Waals surface area contributed by atoms with E-state index in [4.69, 9.17) is 14.9 Å². The number of nitrogens with zero attached hydrogens (tertiary/aromatic N) is 1. The van der Waals surface area contributed by atoms with Gasteiger partial charge in [0.15, 0.2) is 5.89 Å². The Morgan fingerprint density at radius 3 is 2.93 bits per heavy atom. The Hall–Kier alpha value is -1.97. The predicted octanol–water partition coefficient (Wildman–Crippen LogP) is 1.88. The number of anilines is 1. The molecule has 0 amide bonds. The number of hydrogen-bond donors (Lipinski definition) is 1. The molecule has 0 bridgehead atoms. The van der Waals surface area contributed by atoms with Crippen molar-refractivity contribution in [2.24, 2.45) is 0 Å². The molecule has 1 heterocycles. The molecular formula is C11H12N2O2. The predicted molar refractivity (Wildman–Crippen MR) is 56.6 cm³/mol. The van der Waals surface area contributed by atoms with E-state index in [-0.39, 0.29) is 0 Å². The summed E-state index contributed by atoms with van der Waals surface area (Å²) in [5, 5.41) is 0. The minimum absolute atomic E-state index is 0.509. The van der Waals surface area contributed by atoms with E-state index in [2.05, 4.69) is 4.98 Å². The van der Waals surface area contributed by atoms with Crippen molar-refractivity contribution in [3.05, 3.63) is 42.6 Å². The maximum absolute atomic E-state index is 5.72. The lowest BCUT2D eigenvalue weighted by atomic mass is 10.3. The van der Waals surface area contributed by atoms with Gasteiger partial charge in [-0.3, -0.25) is 0 Å². The zero-order valence-corrected chi connectivity index (χ0v) is 8.22. The standard InChI is InChI=1S/C11H12N2O2/c12-9-3-1-2-4-10(9)14-7-5-11-13-6-8-15-11/h1-4,6,8H,5,7,12H2. The van der Waals surface area contributed by atoms with Crippen molar-refractivity contribution in [3.8, 4) is 5.75 Å². The summed E-state index contributed by atoms with van der Waals surface area (Å²) in [7, 11) is 0. The lowest BCUT2D eigenvalue weighted by Crippen LogP contribution is -2.03. The first-order chi connectivity index (χ1) is 7.36. The number of oxazole rings is 1.